The van der Waals surface area contributed by atoms with Crippen molar-refractivity contribution in [3.05, 3.63) is 0 Å². The molecule has 3 atom stereocenters. The van der Waals surface area contributed by atoms with Crippen molar-refractivity contribution >= 4 is 5.91 Å². The zero-order chi connectivity index (χ0) is 15.2. The Labute approximate surface area is 117 Å². The monoisotopic (exact) mass is 296 g/mol. The molecule has 1 saturated carbocycles. The van der Waals surface area contributed by atoms with Crippen LogP contribution in [0.1, 0.15) is 32.6 Å². The number of alkyl halides is 3. The second-order valence-electron chi connectivity index (χ2n) is 5.38. The van der Waals surface area contributed by atoms with Crippen molar-refractivity contribution in [2.75, 3.05) is 19.6 Å². The van der Waals surface area contributed by atoms with Crippen LogP contribution < -0.4 is 10.6 Å². The molecule has 0 aromatic heterocycles. The lowest BCUT2D eigenvalue weighted by atomic mass is 9.78. The topological polar surface area (TPSA) is 61.4 Å². The van der Waals surface area contributed by atoms with Crippen molar-refractivity contribution in [3.63, 3.8) is 0 Å². The van der Waals surface area contributed by atoms with E-state index in [0.717, 1.165) is 0 Å². The number of carbonyl (C=O) groups excluding carboxylic acids is 1. The minimum absolute atomic E-state index is 0.0435. The molecule has 20 heavy (non-hydrogen) atoms. The number of aliphatic hydroxyl groups is 1. The normalized spacial score (nSPS) is 25.2. The number of amides is 1. The maximum atomic E-state index is 12.9. The first-order valence-electron chi connectivity index (χ1n) is 7.05. The molecular weight excluding hydrogens is 273 g/mol. The first-order chi connectivity index (χ1) is 9.32. The maximum absolute atomic E-state index is 12.9. The summed E-state index contributed by atoms with van der Waals surface area (Å²) in [6.45, 7) is 2.72. The summed E-state index contributed by atoms with van der Waals surface area (Å²) >= 11 is 0. The zero-order valence-electron chi connectivity index (χ0n) is 11.7. The van der Waals surface area contributed by atoms with Crippen LogP contribution in [0.4, 0.5) is 13.2 Å². The SMILES string of the molecule is CC(O)CNCCNC(=O)C1CCCCC1C(F)(F)F. The van der Waals surface area contributed by atoms with Gasteiger partial charge in [0.05, 0.1) is 12.0 Å². The molecule has 4 nitrogen and oxygen atoms in total. The van der Waals surface area contributed by atoms with Gasteiger partial charge in [0.25, 0.3) is 0 Å². The number of rotatable bonds is 6. The number of hydrogen-bond donors (Lipinski definition) is 3. The molecular formula is C13H23F3N2O2. The minimum Gasteiger partial charge on any atom is -0.392 e. The number of halogens is 3. The summed E-state index contributed by atoms with van der Waals surface area (Å²) in [5.41, 5.74) is 0. The molecule has 1 fully saturated rings. The molecule has 0 aromatic rings. The molecule has 7 heteroatoms. The van der Waals surface area contributed by atoms with Gasteiger partial charge in [0.1, 0.15) is 0 Å². The van der Waals surface area contributed by atoms with Gasteiger partial charge in [-0.25, -0.2) is 0 Å². The van der Waals surface area contributed by atoms with Crippen molar-refractivity contribution in [2.45, 2.75) is 44.9 Å². The van der Waals surface area contributed by atoms with Crippen molar-refractivity contribution < 1.29 is 23.1 Å². The predicted octanol–water partition coefficient (Wildman–Crippen LogP) is 1.44. The van der Waals surface area contributed by atoms with Crippen LogP contribution in [0.2, 0.25) is 0 Å². The van der Waals surface area contributed by atoms with E-state index >= 15 is 0 Å². The summed E-state index contributed by atoms with van der Waals surface area (Å²) < 4.78 is 38.6. The average molecular weight is 296 g/mol. The Morgan fingerprint density at radius 3 is 2.55 bits per heavy atom. The third kappa shape index (κ3) is 5.66. The Morgan fingerprint density at radius 2 is 1.95 bits per heavy atom. The molecule has 0 radical (unpaired) electrons. The van der Waals surface area contributed by atoms with Gasteiger partial charge in [-0.2, -0.15) is 13.2 Å². The quantitative estimate of drug-likeness (QED) is 0.650. The highest BCUT2D eigenvalue weighted by atomic mass is 19.4. The van der Waals surface area contributed by atoms with Crippen LogP contribution in [0.5, 0.6) is 0 Å². The summed E-state index contributed by atoms with van der Waals surface area (Å²) in [4.78, 5) is 11.9. The Hall–Kier alpha value is -0.820. The van der Waals surface area contributed by atoms with Gasteiger partial charge >= 0.3 is 6.18 Å². The number of hydrogen-bond acceptors (Lipinski definition) is 3. The van der Waals surface area contributed by atoms with E-state index in [0.29, 0.717) is 32.4 Å². The van der Waals surface area contributed by atoms with E-state index in [1.807, 2.05) is 0 Å². The summed E-state index contributed by atoms with van der Waals surface area (Å²) in [5.74, 6) is -2.98. The van der Waals surface area contributed by atoms with Crippen molar-refractivity contribution in [2.24, 2.45) is 11.8 Å². The van der Waals surface area contributed by atoms with E-state index in [1.54, 1.807) is 6.92 Å². The second kappa shape index (κ2) is 7.83. The van der Waals surface area contributed by atoms with Crippen LogP contribution in [0.15, 0.2) is 0 Å². The lowest BCUT2D eigenvalue weighted by Crippen LogP contribution is -2.44. The van der Waals surface area contributed by atoms with Crippen molar-refractivity contribution in [1.82, 2.24) is 10.6 Å². The lowest BCUT2D eigenvalue weighted by Gasteiger charge is -2.32. The highest BCUT2D eigenvalue weighted by Gasteiger charge is 2.47. The molecule has 0 heterocycles. The molecule has 0 aliphatic heterocycles. The molecule has 3 N–H and O–H groups in total. The second-order valence-corrected chi connectivity index (χ2v) is 5.38. The largest absolute Gasteiger partial charge is 0.392 e. The lowest BCUT2D eigenvalue weighted by molar-refractivity contribution is -0.198. The van der Waals surface area contributed by atoms with Gasteiger partial charge in [0, 0.05) is 25.6 Å². The van der Waals surface area contributed by atoms with E-state index in [-0.39, 0.29) is 13.0 Å². The molecule has 0 bridgehead atoms. The first-order valence-corrected chi connectivity index (χ1v) is 7.05. The number of carbonyl (C=O) groups is 1. The molecule has 0 spiro atoms. The molecule has 0 saturated heterocycles. The Bertz CT molecular complexity index is 308. The number of nitrogens with one attached hydrogen (secondary N) is 2. The third-order valence-electron chi connectivity index (χ3n) is 3.56. The third-order valence-corrected chi connectivity index (χ3v) is 3.56. The average Bonchev–Trinajstić information content (AvgIpc) is 2.36. The van der Waals surface area contributed by atoms with E-state index in [2.05, 4.69) is 10.6 Å². The fraction of sp³-hybridized carbons (Fsp3) is 0.923. The molecule has 1 aliphatic carbocycles. The van der Waals surface area contributed by atoms with Gasteiger partial charge < -0.3 is 15.7 Å². The Balaban J connectivity index is 2.36. The Morgan fingerprint density at radius 1 is 1.30 bits per heavy atom. The molecule has 3 unspecified atom stereocenters. The summed E-state index contributed by atoms with van der Waals surface area (Å²) in [6, 6.07) is 0. The fourth-order valence-corrected chi connectivity index (χ4v) is 2.55. The van der Waals surface area contributed by atoms with Gasteiger partial charge in [-0.15, -0.1) is 0 Å². The van der Waals surface area contributed by atoms with Gasteiger partial charge in [-0.3, -0.25) is 4.79 Å². The maximum Gasteiger partial charge on any atom is 0.392 e. The van der Waals surface area contributed by atoms with E-state index in [1.165, 1.54) is 0 Å². The summed E-state index contributed by atoms with van der Waals surface area (Å²) in [5, 5.41) is 14.5. The van der Waals surface area contributed by atoms with E-state index in [4.69, 9.17) is 5.11 Å². The van der Waals surface area contributed by atoms with Gasteiger partial charge in [-0.1, -0.05) is 12.8 Å². The Kier molecular flexibility index (Phi) is 6.75. The standard InChI is InChI=1S/C13H23F3N2O2/c1-9(19)8-17-6-7-18-12(20)10-4-2-3-5-11(10)13(14,15)16/h9-11,17,19H,2-8H2,1H3,(H,18,20). The molecule has 1 amide bonds. The van der Waals surface area contributed by atoms with Crippen LogP contribution in [-0.2, 0) is 4.79 Å². The fourth-order valence-electron chi connectivity index (χ4n) is 2.55. The molecule has 0 aromatic carbocycles. The van der Waals surface area contributed by atoms with Crippen LogP contribution in [0.3, 0.4) is 0 Å². The van der Waals surface area contributed by atoms with Gasteiger partial charge in [0.15, 0.2) is 0 Å². The summed E-state index contributed by atoms with van der Waals surface area (Å²) in [6.07, 6.45) is -3.24. The van der Waals surface area contributed by atoms with E-state index < -0.39 is 30.0 Å². The predicted molar refractivity (Wildman–Crippen MR) is 69.1 cm³/mol. The van der Waals surface area contributed by atoms with Crippen LogP contribution in [-0.4, -0.2) is 42.9 Å². The smallest absolute Gasteiger partial charge is 0.392 e. The van der Waals surface area contributed by atoms with Gasteiger partial charge in [-0.05, 0) is 19.8 Å². The van der Waals surface area contributed by atoms with Crippen LogP contribution in [0, 0.1) is 11.8 Å². The van der Waals surface area contributed by atoms with Crippen molar-refractivity contribution in [1.29, 1.82) is 0 Å². The van der Waals surface area contributed by atoms with E-state index in [9.17, 15) is 18.0 Å². The number of aliphatic hydroxyl groups excluding tert-OH is 1. The van der Waals surface area contributed by atoms with Crippen LogP contribution >= 0.6 is 0 Å². The first kappa shape index (κ1) is 17.2. The van der Waals surface area contributed by atoms with Crippen molar-refractivity contribution in [3.8, 4) is 0 Å². The molecule has 118 valence electrons. The minimum atomic E-state index is -4.30. The molecule has 1 aliphatic rings. The zero-order valence-corrected chi connectivity index (χ0v) is 11.7. The highest BCUT2D eigenvalue weighted by Crippen LogP contribution is 2.41. The molecule has 1 rings (SSSR count). The highest BCUT2D eigenvalue weighted by molar-refractivity contribution is 5.79. The summed E-state index contributed by atoms with van der Waals surface area (Å²) in [7, 11) is 0. The van der Waals surface area contributed by atoms with Gasteiger partial charge in [0.2, 0.25) is 5.91 Å². The van der Waals surface area contributed by atoms with Crippen LogP contribution in [0.25, 0.3) is 0 Å².